The predicted molar refractivity (Wildman–Crippen MR) is 96.3 cm³/mol. The van der Waals surface area contributed by atoms with Crippen molar-refractivity contribution in [3.05, 3.63) is 40.8 Å². The molecule has 2 N–H and O–H groups in total. The van der Waals surface area contributed by atoms with E-state index in [0.29, 0.717) is 22.1 Å². The molecule has 26 heavy (non-hydrogen) atoms. The Labute approximate surface area is 154 Å². The second-order valence-electron chi connectivity index (χ2n) is 4.86. The van der Waals surface area contributed by atoms with Crippen LogP contribution in [0.25, 0.3) is 0 Å². The van der Waals surface area contributed by atoms with Crippen LogP contribution in [0.3, 0.4) is 0 Å². The quantitative estimate of drug-likeness (QED) is 0.801. The van der Waals surface area contributed by atoms with Gasteiger partial charge in [0.05, 0.1) is 26.4 Å². The molecule has 0 fully saturated rings. The summed E-state index contributed by atoms with van der Waals surface area (Å²) in [4.78, 5) is 35.9. The van der Waals surface area contributed by atoms with Crippen molar-refractivity contribution in [1.29, 1.82) is 0 Å². The van der Waals surface area contributed by atoms with Gasteiger partial charge < -0.3 is 19.5 Å². The van der Waals surface area contributed by atoms with Crippen molar-refractivity contribution in [3.8, 4) is 11.5 Å². The Morgan fingerprint density at radius 1 is 1.04 bits per heavy atom. The van der Waals surface area contributed by atoms with Crippen molar-refractivity contribution in [3.63, 3.8) is 0 Å². The Morgan fingerprint density at radius 3 is 2.42 bits per heavy atom. The first-order chi connectivity index (χ1) is 12.5. The summed E-state index contributed by atoms with van der Waals surface area (Å²) in [5.74, 6) is -0.188. The summed E-state index contributed by atoms with van der Waals surface area (Å²) in [6.45, 7) is 1.77. The molecule has 0 saturated carbocycles. The van der Waals surface area contributed by atoms with Crippen LogP contribution in [0, 0.1) is 0 Å². The molecular weight excluding hydrogens is 360 g/mol. The van der Waals surface area contributed by atoms with Crippen molar-refractivity contribution < 1.29 is 28.6 Å². The summed E-state index contributed by atoms with van der Waals surface area (Å²) in [6, 6.07) is 6.21. The molecule has 0 aliphatic carbocycles. The van der Waals surface area contributed by atoms with Gasteiger partial charge in [-0.15, -0.1) is 11.3 Å². The SMILES string of the molecule is CCOC(=O)NC(=O)c1ccsc1NC(=O)c1ccc(OC)c(OC)c1. The minimum absolute atomic E-state index is 0.144. The van der Waals surface area contributed by atoms with Crippen LogP contribution < -0.4 is 20.1 Å². The molecule has 0 aliphatic heterocycles. The van der Waals surface area contributed by atoms with Crippen molar-refractivity contribution in [1.82, 2.24) is 5.32 Å². The highest BCUT2D eigenvalue weighted by Crippen LogP contribution is 2.29. The summed E-state index contributed by atoms with van der Waals surface area (Å²) in [6.07, 6.45) is -0.846. The second kappa shape index (κ2) is 8.86. The molecule has 138 valence electrons. The number of alkyl carbamates (subject to hydrolysis) is 1. The topological polar surface area (TPSA) is 103 Å². The number of imide groups is 1. The zero-order valence-corrected chi connectivity index (χ0v) is 15.3. The number of benzene rings is 1. The van der Waals surface area contributed by atoms with Gasteiger partial charge in [0.25, 0.3) is 11.8 Å². The van der Waals surface area contributed by atoms with E-state index in [0.717, 1.165) is 11.3 Å². The van der Waals surface area contributed by atoms with Crippen LogP contribution in [0.2, 0.25) is 0 Å². The Morgan fingerprint density at radius 2 is 1.77 bits per heavy atom. The number of anilines is 1. The molecule has 0 atom stereocenters. The Bertz CT molecular complexity index is 817. The first-order valence-electron chi connectivity index (χ1n) is 7.59. The van der Waals surface area contributed by atoms with Gasteiger partial charge >= 0.3 is 6.09 Å². The molecule has 0 spiro atoms. The lowest BCUT2D eigenvalue weighted by Gasteiger charge is -2.10. The summed E-state index contributed by atoms with van der Waals surface area (Å²) >= 11 is 1.16. The summed E-state index contributed by atoms with van der Waals surface area (Å²) in [7, 11) is 2.97. The van der Waals surface area contributed by atoms with Crippen LogP contribution in [0.5, 0.6) is 11.5 Å². The maximum atomic E-state index is 12.5. The summed E-state index contributed by atoms with van der Waals surface area (Å²) in [5.41, 5.74) is 0.490. The summed E-state index contributed by atoms with van der Waals surface area (Å²) in [5, 5.41) is 6.68. The molecule has 0 saturated heterocycles. The molecule has 9 heteroatoms. The van der Waals surface area contributed by atoms with Gasteiger partial charge in [-0.3, -0.25) is 14.9 Å². The van der Waals surface area contributed by atoms with E-state index in [1.165, 1.54) is 26.4 Å². The van der Waals surface area contributed by atoms with E-state index in [1.807, 2.05) is 0 Å². The average molecular weight is 378 g/mol. The Hall–Kier alpha value is -3.07. The van der Waals surface area contributed by atoms with Crippen molar-refractivity contribution >= 4 is 34.2 Å². The number of rotatable bonds is 6. The molecule has 0 radical (unpaired) electrons. The van der Waals surface area contributed by atoms with Gasteiger partial charge in [0.2, 0.25) is 0 Å². The largest absolute Gasteiger partial charge is 0.493 e. The number of carbonyl (C=O) groups is 3. The summed E-state index contributed by atoms with van der Waals surface area (Å²) < 4.78 is 15.0. The zero-order valence-electron chi connectivity index (χ0n) is 14.5. The molecule has 3 amide bonds. The molecule has 0 bridgehead atoms. The van der Waals surface area contributed by atoms with Gasteiger partial charge in [-0.25, -0.2) is 4.79 Å². The standard InChI is InChI=1S/C17H18N2O6S/c1-4-25-17(22)19-15(21)11-7-8-26-16(11)18-14(20)10-5-6-12(23-2)13(9-10)24-3/h5-9H,4H2,1-3H3,(H,18,20)(H,19,21,22). The maximum absolute atomic E-state index is 12.5. The number of methoxy groups -OCH3 is 2. The van der Waals surface area contributed by atoms with Gasteiger partial charge in [0.15, 0.2) is 11.5 Å². The van der Waals surface area contributed by atoms with Crippen LogP contribution in [0.4, 0.5) is 9.80 Å². The van der Waals surface area contributed by atoms with Gasteiger partial charge in [-0.2, -0.15) is 0 Å². The van der Waals surface area contributed by atoms with Crippen LogP contribution in [-0.2, 0) is 4.74 Å². The lowest BCUT2D eigenvalue weighted by atomic mass is 10.2. The van der Waals surface area contributed by atoms with Crippen molar-refractivity contribution in [2.45, 2.75) is 6.92 Å². The molecule has 8 nitrogen and oxygen atoms in total. The average Bonchev–Trinajstić information content (AvgIpc) is 3.09. The van der Waals surface area contributed by atoms with E-state index >= 15 is 0 Å². The maximum Gasteiger partial charge on any atom is 0.414 e. The fraction of sp³-hybridized carbons (Fsp3) is 0.235. The molecule has 0 unspecified atom stereocenters. The fourth-order valence-electron chi connectivity index (χ4n) is 2.06. The number of ether oxygens (including phenoxy) is 3. The van der Waals surface area contributed by atoms with Crippen molar-refractivity contribution in [2.75, 3.05) is 26.1 Å². The second-order valence-corrected chi connectivity index (χ2v) is 5.78. The molecule has 1 aromatic carbocycles. The van der Waals surface area contributed by atoms with Crippen LogP contribution >= 0.6 is 11.3 Å². The monoisotopic (exact) mass is 378 g/mol. The van der Waals surface area contributed by atoms with Crippen LogP contribution in [0.15, 0.2) is 29.6 Å². The van der Waals surface area contributed by atoms with E-state index in [2.05, 4.69) is 15.4 Å². The third-order valence-corrected chi connectivity index (χ3v) is 4.10. The first-order valence-corrected chi connectivity index (χ1v) is 8.47. The predicted octanol–water partition coefficient (Wildman–Crippen LogP) is 2.90. The number of nitrogens with one attached hydrogen (secondary N) is 2. The van der Waals surface area contributed by atoms with E-state index in [-0.39, 0.29) is 12.2 Å². The van der Waals surface area contributed by atoms with Gasteiger partial charge in [0, 0.05) is 5.56 Å². The smallest absolute Gasteiger partial charge is 0.414 e. The Kier molecular flexibility index (Phi) is 6.56. The van der Waals surface area contributed by atoms with Crippen LogP contribution in [0.1, 0.15) is 27.6 Å². The minimum atomic E-state index is -0.846. The van der Waals surface area contributed by atoms with E-state index in [9.17, 15) is 14.4 Å². The molecule has 2 rings (SSSR count). The van der Waals surface area contributed by atoms with E-state index < -0.39 is 17.9 Å². The number of amides is 3. The number of carbonyl (C=O) groups excluding carboxylic acids is 3. The third kappa shape index (κ3) is 4.51. The van der Waals surface area contributed by atoms with Gasteiger partial charge in [-0.1, -0.05) is 0 Å². The zero-order chi connectivity index (χ0) is 19.1. The number of hydrogen-bond donors (Lipinski definition) is 2. The van der Waals surface area contributed by atoms with E-state index in [4.69, 9.17) is 9.47 Å². The third-order valence-electron chi connectivity index (χ3n) is 3.27. The highest BCUT2D eigenvalue weighted by atomic mass is 32.1. The molecule has 0 aliphatic rings. The van der Waals surface area contributed by atoms with Crippen molar-refractivity contribution in [2.24, 2.45) is 0 Å². The van der Waals surface area contributed by atoms with E-state index in [1.54, 1.807) is 24.4 Å². The Balaban J connectivity index is 2.14. The van der Waals surface area contributed by atoms with Gasteiger partial charge in [-0.05, 0) is 36.6 Å². The highest BCUT2D eigenvalue weighted by Gasteiger charge is 2.19. The van der Waals surface area contributed by atoms with Gasteiger partial charge in [0.1, 0.15) is 5.00 Å². The number of thiophene rings is 1. The lowest BCUT2D eigenvalue weighted by molar-refractivity contribution is 0.0926. The molecule has 2 aromatic rings. The molecular formula is C17H18N2O6S. The van der Waals surface area contributed by atoms with Crippen LogP contribution in [-0.4, -0.2) is 38.7 Å². The minimum Gasteiger partial charge on any atom is -0.493 e. The highest BCUT2D eigenvalue weighted by molar-refractivity contribution is 7.14. The normalized spacial score (nSPS) is 9.96. The molecule has 1 aromatic heterocycles. The molecule has 1 heterocycles. The number of hydrogen-bond acceptors (Lipinski definition) is 7. The lowest BCUT2D eigenvalue weighted by Crippen LogP contribution is -2.31. The fourth-order valence-corrected chi connectivity index (χ4v) is 2.84. The first kappa shape index (κ1) is 19.3.